The summed E-state index contributed by atoms with van der Waals surface area (Å²) in [4.78, 5) is 12.3. The number of hydrogen-bond acceptors (Lipinski definition) is 7. The second-order valence-electron chi connectivity index (χ2n) is 4.26. The summed E-state index contributed by atoms with van der Waals surface area (Å²) in [5.41, 5.74) is 0.572. The van der Waals surface area contributed by atoms with Crippen LogP contribution in [0.5, 0.6) is 5.75 Å². The average Bonchev–Trinajstić information content (AvgIpc) is 3.07. The highest BCUT2D eigenvalue weighted by Gasteiger charge is 2.28. The number of ether oxygens (including phenoxy) is 1. The molecule has 0 bridgehead atoms. The summed E-state index contributed by atoms with van der Waals surface area (Å²) in [6.45, 7) is 0.221. The van der Waals surface area contributed by atoms with Crippen LogP contribution in [0.1, 0.15) is 21.3 Å². The second kappa shape index (κ2) is 5.24. The third kappa shape index (κ3) is 2.85. The molecule has 1 atom stereocenters. The Bertz CT molecular complexity index is 792. The Morgan fingerprint density at radius 1 is 1.48 bits per heavy atom. The number of nitrogens with zero attached hydrogens (tertiary/aromatic N) is 2. The van der Waals surface area contributed by atoms with Gasteiger partial charge in [-0.25, -0.2) is 8.42 Å². The molecule has 2 heterocycles. The topological polar surface area (TPSA) is 98.2 Å². The molecule has 0 fully saturated rings. The van der Waals surface area contributed by atoms with Gasteiger partial charge in [-0.15, -0.1) is 5.10 Å². The van der Waals surface area contributed by atoms with Gasteiger partial charge in [0.2, 0.25) is 0 Å². The largest absolute Gasteiger partial charge is 0.491 e. The summed E-state index contributed by atoms with van der Waals surface area (Å²) in [5, 5.41) is 6.33. The summed E-state index contributed by atoms with van der Waals surface area (Å²) >= 11 is 0.972. The van der Waals surface area contributed by atoms with Gasteiger partial charge in [-0.3, -0.25) is 4.79 Å². The minimum atomic E-state index is -3.83. The number of hydrogen-bond donors (Lipinski definition) is 1. The molecule has 0 spiro atoms. The van der Waals surface area contributed by atoms with E-state index >= 15 is 0 Å². The van der Waals surface area contributed by atoms with E-state index in [2.05, 4.69) is 14.9 Å². The lowest BCUT2D eigenvalue weighted by Gasteiger charge is -2.10. The van der Waals surface area contributed by atoms with Crippen LogP contribution in [0.2, 0.25) is 0 Å². The van der Waals surface area contributed by atoms with Gasteiger partial charge in [-0.1, -0.05) is 4.49 Å². The number of carbonyl (C=O) groups excluding carboxylic acids is 1. The molecule has 1 aromatic carbocycles. The monoisotopic (exact) mass is 345 g/mol. The molecular formula is C11H8ClN3O4S2. The van der Waals surface area contributed by atoms with Crippen LogP contribution in [0.3, 0.4) is 0 Å². The first-order chi connectivity index (χ1) is 9.95. The first-order valence-electron chi connectivity index (χ1n) is 5.75. The molecule has 1 unspecified atom stereocenters. The van der Waals surface area contributed by atoms with Gasteiger partial charge in [0, 0.05) is 16.2 Å². The van der Waals surface area contributed by atoms with E-state index in [9.17, 15) is 13.2 Å². The van der Waals surface area contributed by atoms with Gasteiger partial charge in [0.25, 0.3) is 15.0 Å². The van der Waals surface area contributed by atoms with Crippen molar-refractivity contribution in [1.29, 1.82) is 0 Å². The molecule has 7 nitrogen and oxygen atoms in total. The van der Waals surface area contributed by atoms with Crippen molar-refractivity contribution in [3.8, 4) is 5.75 Å². The lowest BCUT2D eigenvalue weighted by atomic mass is 10.1. The van der Waals surface area contributed by atoms with Crippen LogP contribution < -0.4 is 10.1 Å². The highest BCUT2D eigenvalue weighted by Crippen LogP contribution is 2.35. The maximum Gasteiger partial charge on any atom is 0.265 e. The quantitative estimate of drug-likeness (QED) is 0.843. The molecule has 2 aromatic rings. The van der Waals surface area contributed by atoms with Crippen molar-refractivity contribution in [3.05, 3.63) is 34.8 Å². The van der Waals surface area contributed by atoms with Crippen LogP contribution in [0.15, 0.2) is 29.3 Å². The van der Waals surface area contributed by atoms with E-state index in [0.29, 0.717) is 16.2 Å². The molecule has 0 radical (unpaired) electrons. The van der Waals surface area contributed by atoms with Gasteiger partial charge in [0.15, 0.2) is 0 Å². The molecular weight excluding hydrogens is 338 g/mol. The van der Waals surface area contributed by atoms with E-state index in [4.69, 9.17) is 15.4 Å². The molecule has 10 heteroatoms. The number of rotatable bonds is 3. The minimum Gasteiger partial charge on any atom is -0.491 e. The number of nitrogens with one attached hydrogen (secondary N) is 1. The van der Waals surface area contributed by atoms with Gasteiger partial charge >= 0.3 is 0 Å². The Morgan fingerprint density at radius 3 is 2.95 bits per heavy atom. The number of aromatic nitrogens is 2. The third-order valence-corrected chi connectivity index (χ3v) is 4.95. The second-order valence-corrected chi connectivity index (χ2v) is 7.61. The van der Waals surface area contributed by atoms with Gasteiger partial charge in [0.1, 0.15) is 17.2 Å². The van der Waals surface area contributed by atoms with E-state index in [1.54, 1.807) is 0 Å². The van der Waals surface area contributed by atoms with Crippen LogP contribution in [-0.4, -0.2) is 30.5 Å². The Kier molecular flexibility index (Phi) is 3.56. The average molecular weight is 346 g/mol. The van der Waals surface area contributed by atoms with Crippen molar-refractivity contribution >= 4 is 37.2 Å². The van der Waals surface area contributed by atoms with Crippen molar-refractivity contribution in [1.82, 2.24) is 14.9 Å². The van der Waals surface area contributed by atoms with Crippen LogP contribution in [-0.2, 0) is 9.05 Å². The maximum absolute atomic E-state index is 12.0. The SMILES string of the molecule is O=C(NC1COc2ccc(S(=O)(=O)Cl)cc21)c1cnns1. The zero-order valence-corrected chi connectivity index (χ0v) is 12.7. The van der Waals surface area contributed by atoms with Crippen molar-refractivity contribution in [2.24, 2.45) is 0 Å². The fourth-order valence-electron chi connectivity index (χ4n) is 1.96. The molecule has 1 aromatic heterocycles. The lowest BCUT2D eigenvalue weighted by molar-refractivity contribution is 0.0934. The standard InChI is InChI=1S/C11H8ClN3O4S2/c12-21(17,18)6-1-2-9-7(3-6)8(5-19-9)14-11(16)10-4-13-15-20-10/h1-4,8H,5H2,(H,14,16). The number of benzene rings is 1. The zero-order valence-electron chi connectivity index (χ0n) is 10.3. The van der Waals surface area contributed by atoms with E-state index in [0.717, 1.165) is 11.5 Å². The number of halogens is 1. The summed E-state index contributed by atoms with van der Waals surface area (Å²) < 4.78 is 31.8. The van der Waals surface area contributed by atoms with E-state index in [-0.39, 0.29) is 17.4 Å². The molecule has 1 aliphatic heterocycles. The van der Waals surface area contributed by atoms with Crippen molar-refractivity contribution in [3.63, 3.8) is 0 Å². The summed E-state index contributed by atoms with van der Waals surface area (Å²) in [5.74, 6) is 0.178. The normalized spacial score (nSPS) is 17.1. The molecule has 1 N–H and O–H groups in total. The van der Waals surface area contributed by atoms with Gasteiger partial charge in [-0.2, -0.15) is 0 Å². The van der Waals surface area contributed by atoms with Crippen LogP contribution in [0, 0.1) is 0 Å². The van der Waals surface area contributed by atoms with E-state index < -0.39 is 15.1 Å². The predicted octanol–water partition coefficient (Wildman–Crippen LogP) is 1.33. The summed E-state index contributed by atoms with van der Waals surface area (Å²) in [6.07, 6.45) is 1.36. The van der Waals surface area contributed by atoms with E-state index in [1.807, 2.05) is 0 Å². The number of carbonyl (C=O) groups is 1. The van der Waals surface area contributed by atoms with Crippen molar-refractivity contribution in [2.75, 3.05) is 6.61 Å². The Hall–Kier alpha value is -1.71. The van der Waals surface area contributed by atoms with Gasteiger partial charge < -0.3 is 10.1 Å². The van der Waals surface area contributed by atoms with E-state index in [1.165, 1.54) is 24.4 Å². The number of amides is 1. The van der Waals surface area contributed by atoms with Crippen LogP contribution >= 0.6 is 22.2 Å². The van der Waals surface area contributed by atoms with Crippen molar-refractivity contribution in [2.45, 2.75) is 10.9 Å². The zero-order chi connectivity index (χ0) is 15.0. The molecule has 1 aliphatic rings. The minimum absolute atomic E-state index is 0.0351. The molecule has 3 rings (SSSR count). The maximum atomic E-state index is 12.0. The summed E-state index contributed by atoms with van der Waals surface area (Å²) in [6, 6.07) is 3.83. The van der Waals surface area contributed by atoms with Gasteiger partial charge in [-0.05, 0) is 29.7 Å². The smallest absolute Gasteiger partial charge is 0.265 e. The lowest BCUT2D eigenvalue weighted by Crippen LogP contribution is -2.28. The molecule has 1 amide bonds. The molecule has 21 heavy (non-hydrogen) atoms. The number of fused-ring (bicyclic) bond motifs is 1. The molecule has 110 valence electrons. The molecule has 0 saturated carbocycles. The van der Waals surface area contributed by atoms with Crippen molar-refractivity contribution < 1.29 is 17.9 Å². The Morgan fingerprint density at radius 2 is 2.29 bits per heavy atom. The van der Waals surface area contributed by atoms with Crippen LogP contribution in [0.25, 0.3) is 0 Å². The fourth-order valence-corrected chi connectivity index (χ4v) is 3.17. The Balaban J connectivity index is 1.87. The molecule has 0 aliphatic carbocycles. The fraction of sp³-hybridized carbons (Fsp3) is 0.182. The van der Waals surface area contributed by atoms with Gasteiger partial charge in [0.05, 0.1) is 17.1 Å². The molecule has 0 saturated heterocycles. The highest BCUT2D eigenvalue weighted by molar-refractivity contribution is 8.13. The first-order valence-corrected chi connectivity index (χ1v) is 8.83. The third-order valence-electron chi connectivity index (χ3n) is 2.93. The first kappa shape index (κ1) is 14.2. The predicted molar refractivity (Wildman–Crippen MR) is 75.1 cm³/mol. The highest BCUT2D eigenvalue weighted by atomic mass is 35.7. The Labute approximate surface area is 128 Å². The summed E-state index contributed by atoms with van der Waals surface area (Å²) in [7, 11) is 1.49. The van der Waals surface area contributed by atoms with Crippen LogP contribution in [0.4, 0.5) is 0 Å².